The van der Waals surface area contributed by atoms with Crippen molar-refractivity contribution in [2.75, 3.05) is 45.3 Å². The van der Waals surface area contributed by atoms with Gasteiger partial charge in [-0.15, -0.1) is 5.10 Å². The van der Waals surface area contributed by atoms with E-state index in [1.165, 1.54) is 12.1 Å². The summed E-state index contributed by atoms with van der Waals surface area (Å²) in [5.74, 6) is 1.44. The van der Waals surface area contributed by atoms with Gasteiger partial charge in [0.1, 0.15) is 11.9 Å². The number of anilines is 1. The second kappa shape index (κ2) is 10.1. The quantitative estimate of drug-likeness (QED) is 0.412. The summed E-state index contributed by atoms with van der Waals surface area (Å²) in [4.78, 5) is 21.0. The van der Waals surface area contributed by atoms with Crippen LogP contribution in [-0.4, -0.2) is 70.5 Å². The molecular weight excluding hydrogens is 489 g/mol. The Morgan fingerprint density at radius 3 is 2.26 bits per heavy atom. The first-order chi connectivity index (χ1) is 18.2. The van der Waals surface area contributed by atoms with Crippen LogP contribution in [0.2, 0.25) is 0 Å². The van der Waals surface area contributed by atoms with Crippen LogP contribution in [0.3, 0.4) is 0 Å². The zero-order valence-electron chi connectivity index (χ0n) is 22.2. The standard InChI is InChI=1S/C27H32FN7O3/c1-27(2,3)35-25(30-31-32-35)24(34-12-10-33(11-13-34)19-8-6-18(28)7-9-19)20-14-17-15-22(37-4)23(38-5)16-21(17)29-26(20)36/h6-9,14-16,24H,10-13H2,1-5H3,(H,29,36)/t24-/m1/s1. The van der Waals surface area contributed by atoms with Gasteiger partial charge in [0, 0.05) is 48.9 Å². The van der Waals surface area contributed by atoms with Crippen LogP contribution < -0.4 is 19.9 Å². The summed E-state index contributed by atoms with van der Waals surface area (Å²) >= 11 is 0. The molecule has 11 heteroatoms. The fourth-order valence-corrected chi connectivity index (χ4v) is 4.98. The predicted octanol–water partition coefficient (Wildman–Crippen LogP) is 3.34. The molecule has 38 heavy (non-hydrogen) atoms. The van der Waals surface area contributed by atoms with Gasteiger partial charge in [0.05, 0.1) is 25.3 Å². The lowest BCUT2D eigenvalue weighted by Gasteiger charge is -2.40. The summed E-state index contributed by atoms with van der Waals surface area (Å²) in [6.07, 6.45) is 0. The number of ether oxygens (including phenoxy) is 2. The molecule has 1 N–H and O–H groups in total. The molecule has 0 aliphatic carbocycles. The van der Waals surface area contributed by atoms with Crippen LogP contribution in [0.15, 0.2) is 47.3 Å². The van der Waals surface area contributed by atoms with E-state index >= 15 is 0 Å². The fourth-order valence-electron chi connectivity index (χ4n) is 4.98. The molecule has 3 heterocycles. The molecule has 1 aliphatic rings. The number of hydrogen-bond acceptors (Lipinski definition) is 8. The van der Waals surface area contributed by atoms with E-state index in [4.69, 9.17) is 9.47 Å². The number of nitrogens with one attached hydrogen (secondary N) is 1. The lowest BCUT2D eigenvalue weighted by Crippen LogP contribution is -2.49. The number of aromatic amines is 1. The lowest BCUT2D eigenvalue weighted by atomic mass is 10.0. The molecular formula is C27H32FN7O3. The van der Waals surface area contributed by atoms with Crippen molar-refractivity contribution in [2.45, 2.75) is 32.4 Å². The summed E-state index contributed by atoms with van der Waals surface area (Å²) in [5.41, 5.74) is 1.53. The third-order valence-electron chi connectivity index (χ3n) is 6.92. The first-order valence-electron chi connectivity index (χ1n) is 12.5. The van der Waals surface area contributed by atoms with Gasteiger partial charge in [0.25, 0.3) is 5.56 Å². The number of halogens is 1. The van der Waals surface area contributed by atoms with Crippen molar-refractivity contribution in [2.24, 2.45) is 0 Å². The maximum atomic E-state index is 13.6. The molecule has 0 bridgehead atoms. The number of nitrogens with zero attached hydrogens (tertiary/aromatic N) is 6. The van der Waals surface area contributed by atoms with Crippen LogP contribution in [0.1, 0.15) is 38.2 Å². The Morgan fingerprint density at radius 1 is 0.974 bits per heavy atom. The number of benzene rings is 2. The Labute approximate surface area is 220 Å². The minimum atomic E-state index is -0.485. The van der Waals surface area contributed by atoms with Crippen molar-refractivity contribution in [1.82, 2.24) is 30.1 Å². The highest BCUT2D eigenvalue weighted by Gasteiger charge is 2.35. The number of hydrogen-bond donors (Lipinski definition) is 1. The second-order valence-corrected chi connectivity index (χ2v) is 10.4. The first kappa shape index (κ1) is 25.7. The number of rotatable bonds is 6. The Bertz CT molecular complexity index is 1490. The van der Waals surface area contributed by atoms with Crippen LogP contribution in [0.4, 0.5) is 10.1 Å². The topological polar surface area (TPSA) is 101 Å². The lowest BCUT2D eigenvalue weighted by molar-refractivity contribution is 0.190. The highest BCUT2D eigenvalue weighted by Crippen LogP contribution is 2.34. The van der Waals surface area contributed by atoms with Crippen LogP contribution in [-0.2, 0) is 5.54 Å². The molecule has 4 aromatic rings. The Hall–Kier alpha value is -3.99. The third-order valence-corrected chi connectivity index (χ3v) is 6.92. The van der Waals surface area contributed by atoms with Crippen molar-refractivity contribution in [3.8, 4) is 11.5 Å². The van der Waals surface area contributed by atoms with Gasteiger partial charge < -0.3 is 19.4 Å². The summed E-state index contributed by atoms with van der Waals surface area (Å²) in [7, 11) is 3.14. The van der Waals surface area contributed by atoms with Crippen LogP contribution in [0, 0.1) is 5.82 Å². The van der Waals surface area contributed by atoms with E-state index in [0.29, 0.717) is 54.6 Å². The average molecular weight is 522 g/mol. The van der Waals surface area contributed by atoms with E-state index in [1.807, 2.05) is 32.9 Å². The molecule has 0 amide bonds. The van der Waals surface area contributed by atoms with Gasteiger partial charge in [-0.1, -0.05) is 0 Å². The first-order valence-corrected chi connectivity index (χ1v) is 12.5. The molecule has 0 radical (unpaired) electrons. The maximum Gasteiger partial charge on any atom is 0.253 e. The van der Waals surface area contributed by atoms with Crippen molar-refractivity contribution in [1.29, 1.82) is 0 Å². The molecule has 1 aliphatic heterocycles. The van der Waals surface area contributed by atoms with E-state index in [0.717, 1.165) is 11.1 Å². The Balaban J connectivity index is 1.57. The Kier molecular flexibility index (Phi) is 6.78. The van der Waals surface area contributed by atoms with Gasteiger partial charge in [-0.05, 0) is 67.6 Å². The van der Waals surface area contributed by atoms with E-state index in [-0.39, 0.29) is 11.4 Å². The van der Waals surface area contributed by atoms with Crippen LogP contribution in [0.25, 0.3) is 10.9 Å². The third kappa shape index (κ3) is 4.81. The molecule has 5 rings (SSSR count). The summed E-state index contributed by atoms with van der Waals surface area (Å²) in [6, 6.07) is 11.5. The number of fused-ring (bicyclic) bond motifs is 1. The molecule has 10 nitrogen and oxygen atoms in total. The van der Waals surface area contributed by atoms with Gasteiger partial charge in [0.2, 0.25) is 0 Å². The number of aromatic nitrogens is 5. The fraction of sp³-hybridized carbons (Fsp3) is 0.407. The number of methoxy groups -OCH3 is 2. The maximum absolute atomic E-state index is 13.6. The average Bonchev–Trinajstić information content (AvgIpc) is 3.40. The molecule has 0 spiro atoms. The van der Waals surface area contributed by atoms with E-state index in [9.17, 15) is 9.18 Å². The van der Waals surface area contributed by atoms with Gasteiger partial charge >= 0.3 is 0 Å². The highest BCUT2D eigenvalue weighted by molar-refractivity contribution is 5.83. The Morgan fingerprint density at radius 2 is 1.63 bits per heavy atom. The molecule has 1 fully saturated rings. The monoisotopic (exact) mass is 521 g/mol. The van der Waals surface area contributed by atoms with E-state index in [1.54, 1.807) is 37.1 Å². The minimum Gasteiger partial charge on any atom is -0.493 e. The zero-order valence-corrected chi connectivity index (χ0v) is 22.2. The smallest absolute Gasteiger partial charge is 0.253 e. The number of piperazine rings is 1. The molecule has 1 saturated heterocycles. The van der Waals surface area contributed by atoms with Crippen molar-refractivity contribution < 1.29 is 13.9 Å². The molecule has 0 saturated carbocycles. The molecule has 200 valence electrons. The normalized spacial score (nSPS) is 15.6. The van der Waals surface area contributed by atoms with E-state index in [2.05, 4.69) is 30.3 Å². The summed E-state index contributed by atoms with van der Waals surface area (Å²) in [6.45, 7) is 8.80. The zero-order chi connectivity index (χ0) is 27.0. The van der Waals surface area contributed by atoms with Crippen LogP contribution >= 0.6 is 0 Å². The van der Waals surface area contributed by atoms with Gasteiger partial charge in [-0.2, -0.15) is 0 Å². The highest BCUT2D eigenvalue weighted by atomic mass is 19.1. The molecule has 1 atom stereocenters. The predicted molar refractivity (Wildman–Crippen MR) is 143 cm³/mol. The van der Waals surface area contributed by atoms with Gasteiger partial charge in [-0.25, -0.2) is 9.07 Å². The van der Waals surface area contributed by atoms with Crippen molar-refractivity contribution in [3.05, 3.63) is 70.0 Å². The number of H-pyrrole nitrogens is 1. The largest absolute Gasteiger partial charge is 0.493 e. The minimum absolute atomic E-state index is 0.223. The van der Waals surface area contributed by atoms with Gasteiger partial charge in [0.15, 0.2) is 17.3 Å². The van der Waals surface area contributed by atoms with Crippen LogP contribution in [0.5, 0.6) is 11.5 Å². The summed E-state index contributed by atoms with van der Waals surface area (Å²) in [5, 5.41) is 13.5. The van der Waals surface area contributed by atoms with Crippen molar-refractivity contribution in [3.63, 3.8) is 0 Å². The van der Waals surface area contributed by atoms with Gasteiger partial charge in [-0.3, -0.25) is 9.69 Å². The van der Waals surface area contributed by atoms with E-state index < -0.39 is 11.6 Å². The SMILES string of the molecule is COc1cc2cc([C@H](c3nnnn3C(C)(C)C)N3CCN(c4ccc(F)cc4)CC3)c(=O)[nH]c2cc1OC. The second-order valence-electron chi connectivity index (χ2n) is 10.4. The molecule has 2 aromatic heterocycles. The number of pyridine rings is 1. The molecule has 2 aromatic carbocycles. The number of tetrazole rings is 1. The molecule has 0 unspecified atom stereocenters. The van der Waals surface area contributed by atoms with Crippen molar-refractivity contribution >= 4 is 16.6 Å². The summed E-state index contributed by atoms with van der Waals surface area (Å²) < 4.78 is 26.1.